The van der Waals surface area contributed by atoms with Crippen LogP contribution in [0.15, 0.2) is 54.6 Å². The Hall–Kier alpha value is -4.99. The van der Waals surface area contributed by atoms with E-state index in [1.807, 2.05) is 30.4 Å². The molecule has 0 aliphatic heterocycles. The number of amides is 1. The Labute approximate surface area is 220 Å². The lowest BCUT2D eigenvalue weighted by atomic mass is 10.1. The highest BCUT2D eigenvalue weighted by Gasteiger charge is 2.15. The van der Waals surface area contributed by atoms with Gasteiger partial charge in [0.2, 0.25) is 11.7 Å². The standard InChI is InChI=1S/C28H28N2O8/c1-34-23-12-9-18(14-22(23)30(32)33)10-13-27(31)29-21-11-8-19(15-24(21)35-2)6-7-20-16-25(36-3)28(38-5)26(17-20)37-4/h6-17H,1-5H3,(H,29,31)/b7-6+,13-10+. The van der Waals surface area contributed by atoms with Crippen molar-refractivity contribution in [2.45, 2.75) is 0 Å². The lowest BCUT2D eigenvalue weighted by molar-refractivity contribution is -0.385. The van der Waals surface area contributed by atoms with Crippen molar-refractivity contribution in [2.75, 3.05) is 40.9 Å². The van der Waals surface area contributed by atoms with Gasteiger partial charge in [-0.15, -0.1) is 0 Å². The molecule has 1 amide bonds. The Morgan fingerprint density at radius 1 is 0.711 bits per heavy atom. The number of hydrogen-bond acceptors (Lipinski definition) is 8. The summed E-state index contributed by atoms with van der Waals surface area (Å²) >= 11 is 0. The van der Waals surface area contributed by atoms with E-state index in [1.54, 1.807) is 39.5 Å². The van der Waals surface area contributed by atoms with Crippen LogP contribution >= 0.6 is 0 Å². The van der Waals surface area contributed by atoms with Gasteiger partial charge in [-0.05, 0) is 53.1 Å². The first kappa shape index (κ1) is 27.6. The first-order valence-corrected chi connectivity index (χ1v) is 11.3. The highest BCUT2D eigenvalue weighted by atomic mass is 16.6. The number of benzene rings is 3. The number of carbonyl (C=O) groups is 1. The first-order valence-electron chi connectivity index (χ1n) is 11.3. The summed E-state index contributed by atoms with van der Waals surface area (Å²) in [6.45, 7) is 0. The molecule has 0 heterocycles. The molecule has 198 valence electrons. The molecule has 3 aromatic carbocycles. The van der Waals surface area contributed by atoms with Gasteiger partial charge in [0.05, 0.1) is 46.2 Å². The quantitative estimate of drug-likeness (QED) is 0.153. The highest BCUT2D eigenvalue weighted by Crippen LogP contribution is 2.38. The third-order valence-electron chi connectivity index (χ3n) is 5.47. The summed E-state index contributed by atoms with van der Waals surface area (Å²) < 4.78 is 26.6. The zero-order chi connectivity index (χ0) is 27.7. The van der Waals surface area contributed by atoms with Gasteiger partial charge in [0, 0.05) is 12.1 Å². The molecule has 0 radical (unpaired) electrons. The van der Waals surface area contributed by atoms with E-state index in [4.69, 9.17) is 23.7 Å². The monoisotopic (exact) mass is 520 g/mol. The van der Waals surface area contributed by atoms with Crippen LogP contribution < -0.4 is 29.0 Å². The molecule has 3 rings (SSSR count). The highest BCUT2D eigenvalue weighted by molar-refractivity contribution is 6.03. The molecule has 0 spiro atoms. The van der Waals surface area contributed by atoms with Gasteiger partial charge in [0.25, 0.3) is 0 Å². The maximum absolute atomic E-state index is 12.5. The smallest absolute Gasteiger partial charge is 0.311 e. The molecule has 0 aliphatic carbocycles. The van der Waals surface area contributed by atoms with Gasteiger partial charge in [0.15, 0.2) is 17.2 Å². The van der Waals surface area contributed by atoms with Crippen molar-refractivity contribution < 1.29 is 33.4 Å². The van der Waals surface area contributed by atoms with E-state index >= 15 is 0 Å². The second-order valence-electron chi connectivity index (χ2n) is 7.76. The molecule has 3 aromatic rings. The van der Waals surface area contributed by atoms with E-state index in [0.29, 0.717) is 34.2 Å². The lowest BCUT2D eigenvalue weighted by Crippen LogP contribution is -2.09. The summed E-state index contributed by atoms with van der Waals surface area (Å²) in [6.07, 6.45) is 6.52. The van der Waals surface area contributed by atoms with Crippen LogP contribution in [0.1, 0.15) is 16.7 Å². The summed E-state index contributed by atoms with van der Waals surface area (Å²) in [6, 6.07) is 13.4. The molecule has 0 saturated heterocycles. The van der Waals surface area contributed by atoms with Gasteiger partial charge in [-0.2, -0.15) is 0 Å². The Morgan fingerprint density at radius 3 is 1.84 bits per heavy atom. The Balaban J connectivity index is 1.76. The fraction of sp³-hybridized carbons (Fsp3) is 0.179. The zero-order valence-corrected chi connectivity index (χ0v) is 21.6. The number of nitrogens with zero attached hydrogens (tertiary/aromatic N) is 1. The van der Waals surface area contributed by atoms with E-state index in [0.717, 1.165) is 11.1 Å². The van der Waals surface area contributed by atoms with Crippen molar-refractivity contribution in [2.24, 2.45) is 0 Å². The largest absolute Gasteiger partial charge is 0.495 e. The first-order chi connectivity index (χ1) is 18.3. The predicted molar refractivity (Wildman–Crippen MR) is 145 cm³/mol. The Bertz CT molecular complexity index is 1360. The normalized spacial score (nSPS) is 10.9. The lowest BCUT2D eigenvalue weighted by Gasteiger charge is -2.13. The number of anilines is 1. The SMILES string of the molecule is COc1cc(/C=C/c2cc(OC)c(OC)c(OC)c2)ccc1NC(=O)/C=C/c1ccc(OC)c([N+](=O)[O-])c1. The number of carbonyl (C=O) groups excluding carboxylic acids is 1. The van der Waals surface area contributed by atoms with Crippen molar-refractivity contribution in [3.63, 3.8) is 0 Å². The number of rotatable bonds is 11. The molecule has 1 N–H and O–H groups in total. The van der Waals surface area contributed by atoms with Crippen LogP contribution in [0.2, 0.25) is 0 Å². The second-order valence-corrected chi connectivity index (χ2v) is 7.76. The van der Waals surface area contributed by atoms with Crippen molar-refractivity contribution >= 4 is 35.5 Å². The fourth-order valence-electron chi connectivity index (χ4n) is 3.60. The Kier molecular flexibility index (Phi) is 9.31. The third kappa shape index (κ3) is 6.61. The fourth-order valence-corrected chi connectivity index (χ4v) is 3.60. The average molecular weight is 521 g/mol. The number of nitro groups is 1. The van der Waals surface area contributed by atoms with E-state index in [9.17, 15) is 14.9 Å². The van der Waals surface area contributed by atoms with E-state index in [-0.39, 0.29) is 11.4 Å². The van der Waals surface area contributed by atoms with Crippen molar-refractivity contribution in [1.29, 1.82) is 0 Å². The van der Waals surface area contributed by atoms with Crippen molar-refractivity contribution in [3.05, 3.63) is 81.4 Å². The van der Waals surface area contributed by atoms with Gasteiger partial charge >= 0.3 is 5.69 Å². The van der Waals surface area contributed by atoms with Gasteiger partial charge in [-0.1, -0.05) is 24.3 Å². The molecule has 0 unspecified atom stereocenters. The van der Waals surface area contributed by atoms with E-state index in [2.05, 4.69) is 5.32 Å². The minimum absolute atomic E-state index is 0.140. The van der Waals surface area contributed by atoms with Crippen LogP contribution in [0.3, 0.4) is 0 Å². The summed E-state index contributed by atoms with van der Waals surface area (Å²) in [5, 5.41) is 14.0. The molecule has 0 atom stereocenters. The minimum Gasteiger partial charge on any atom is -0.495 e. The van der Waals surface area contributed by atoms with Crippen LogP contribution in [-0.4, -0.2) is 46.4 Å². The molecule has 10 heteroatoms. The molecule has 0 aromatic heterocycles. The molecular formula is C28H28N2O8. The molecule has 0 fully saturated rings. The summed E-state index contributed by atoms with van der Waals surface area (Å²) in [5.41, 5.74) is 2.42. The molecule has 38 heavy (non-hydrogen) atoms. The molecule has 0 saturated carbocycles. The van der Waals surface area contributed by atoms with E-state index in [1.165, 1.54) is 38.5 Å². The molecule has 0 bridgehead atoms. The van der Waals surface area contributed by atoms with Gasteiger partial charge in [-0.25, -0.2) is 0 Å². The van der Waals surface area contributed by atoms with Crippen LogP contribution in [0.25, 0.3) is 18.2 Å². The molecular weight excluding hydrogens is 492 g/mol. The minimum atomic E-state index is -0.543. The second kappa shape index (κ2) is 12.8. The van der Waals surface area contributed by atoms with Gasteiger partial charge in [-0.3, -0.25) is 14.9 Å². The molecule has 10 nitrogen and oxygen atoms in total. The Morgan fingerprint density at radius 2 is 1.26 bits per heavy atom. The number of hydrogen-bond donors (Lipinski definition) is 1. The third-order valence-corrected chi connectivity index (χ3v) is 5.47. The number of nitro benzene ring substituents is 1. The number of ether oxygens (including phenoxy) is 5. The zero-order valence-electron chi connectivity index (χ0n) is 21.6. The predicted octanol–water partition coefficient (Wildman–Crippen LogP) is 5.46. The van der Waals surface area contributed by atoms with Gasteiger partial charge < -0.3 is 29.0 Å². The van der Waals surface area contributed by atoms with Crippen LogP contribution in [0.4, 0.5) is 11.4 Å². The number of nitrogens with one attached hydrogen (secondary N) is 1. The van der Waals surface area contributed by atoms with Gasteiger partial charge in [0.1, 0.15) is 5.75 Å². The summed E-state index contributed by atoms with van der Waals surface area (Å²) in [4.78, 5) is 23.2. The average Bonchev–Trinajstić information content (AvgIpc) is 2.94. The summed E-state index contributed by atoms with van der Waals surface area (Å²) in [7, 11) is 7.51. The van der Waals surface area contributed by atoms with Crippen LogP contribution in [-0.2, 0) is 4.79 Å². The van der Waals surface area contributed by atoms with E-state index < -0.39 is 10.8 Å². The van der Waals surface area contributed by atoms with Crippen LogP contribution in [0, 0.1) is 10.1 Å². The van der Waals surface area contributed by atoms with Crippen LogP contribution in [0.5, 0.6) is 28.7 Å². The number of methoxy groups -OCH3 is 5. The van der Waals surface area contributed by atoms with Crippen molar-refractivity contribution in [1.82, 2.24) is 0 Å². The summed E-state index contributed by atoms with van der Waals surface area (Å²) in [5.74, 6) is 1.76. The molecule has 0 aliphatic rings. The maximum atomic E-state index is 12.5. The van der Waals surface area contributed by atoms with Crippen molar-refractivity contribution in [3.8, 4) is 28.7 Å². The topological polar surface area (TPSA) is 118 Å². The maximum Gasteiger partial charge on any atom is 0.311 e.